The van der Waals surface area contributed by atoms with Crippen LogP contribution in [0.2, 0.25) is 0 Å². The van der Waals surface area contributed by atoms with Crippen LogP contribution in [0.25, 0.3) is 11.0 Å². The number of likely N-dealkylation sites (tertiary alicyclic amines) is 1. The number of rotatable bonds is 4. The van der Waals surface area contributed by atoms with Gasteiger partial charge in [-0.2, -0.15) is 0 Å². The average molecular weight is 380 g/mol. The van der Waals surface area contributed by atoms with Gasteiger partial charge in [0.25, 0.3) is 5.91 Å². The summed E-state index contributed by atoms with van der Waals surface area (Å²) in [7, 11) is 0. The molecule has 4 rings (SSSR count). The smallest absolute Gasteiger partial charge is 0.253 e. The number of nitrogens with one attached hydrogen (secondary N) is 2. The molecule has 1 aliphatic rings. The van der Waals surface area contributed by atoms with Gasteiger partial charge >= 0.3 is 0 Å². The number of hydrogen-bond donors (Lipinski definition) is 2. The van der Waals surface area contributed by atoms with Gasteiger partial charge in [-0.3, -0.25) is 9.59 Å². The van der Waals surface area contributed by atoms with Crippen molar-refractivity contribution in [3.8, 4) is 0 Å². The van der Waals surface area contributed by atoms with Crippen LogP contribution < -0.4 is 5.32 Å². The molecule has 1 aliphatic heterocycles. The third kappa shape index (κ3) is 3.88. The number of hydrogen-bond acceptors (Lipinski definition) is 3. The van der Waals surface area contributed by atoms with Crippen molar-refractivity contribution >= 4 is 22.8 Å². The van der Waals surface area contributed by atoms with E-state index in [4.69, 9.17) is 0 Å². The normalized spacial score (nSPS) is 16.9. The lowest BCUT2D eigenvalue weighted by atomic mass is 9.96. The number of nitrogens with zero attached hydrogens (tertiary/aromatic N) is 2. The van der Waals surface area contributed by atoms with E-state index in [1.165, 1.54) is 12.1 Å². The number of halogens is 1. The summed E-state index contributed by atoms with van der Waals surface area (Å²) in [5.74, 6) is -0.156. The second-order valence-corrected chi connectivity index (χ2v) is 7.02. The fraction of sp³-hybridized carbons (Fsp3) is 0.286. The maximum absolute atomic E-state index is 13.3. The number of aromatic nitrogens is 2. The van der Waals surface area contributed by atoms with Crippen LogP contribution in [0.5, 0.6) is 0 Å². The highest BCUT2D eigenvalue weighted by Gasteiger charge is 2.28. The highest BCUT2D eigenvalue weighted by molar-refractivity contribution is 5.94. The fourth-order valence-electron chi connectivity index (χ4n) is 3.57. The van der Waals surface area contributed by atoms with E-state index in [9.17, 15) is 14.0 Å². The number of aromatic amines is 1. The van der Waals surface area contributed by atoms with Gasteiger partial charge in [-0.15, -0.1) is 0 Å². The summed E-state index contributed by atoms with van der Waals surface area (Å²) in [6, 6.07) is 13.4. The zero-order valence-corrected chi connectivity index (χ0v) is 15.3. The van der Waals surface area contributed by atoms with Crippen LogP contribution in [0, 0.1) is 11.7 Å². The van der Waals surface area contributed by atoms with E-state index in [-0.39, 0.29) is 30.1 Å². The van der Waals surface area contributed by atoms with Gasteiger partial charge < -0.3 is 15.2 Å². The first-order chi connectivity index (χ1) is 13.6. The second kappa shape index (κ2) is 7.80. The van der Waals surface area contributed by atoms with Crippen LogP contribution in [0.3, 0.4) is 0 Å². The van der Waals surface area contributed by atoms with Gasteiger partial charge in [-0.25, -0.2) is 9.37 Å². The number of carbonyl (C=O) groups is 2. The summed E-state index contributed by atoms with van der Waals surface area (Å²) in [6.45, 7) is 1.30. The molecule has 0 saturated carbocycles. The predicted octanol–water partition coefficient (Wildman–Crippen LogP) is 2.87. The Morgan fingerprint density at radius 3 is 2.86 bits per heavy atom. The maximum Gasteiger partial charge on any atom is 0.253 e. The van der Waals surface area contributed by atoms with Crippen LogP contribution in [0.4, 0.5) is 4.39 Å². The topological polar surface area (TPSA) is 78.1 Å². The highest BCUT2D eigenvalue weighted by Crippen LogP contribution is 2.19. The molecule has 1 fully saturated rings. The molecule has 1 atom stereocenters. The molecule has 3 aromatic rings. The molecule has 2 N–H and O–H groups in total. The van der Waals surface area contributed by atoms with Crippen molar-refractivity contribution in [3.63, 3.8) is 0 Å². The fourth-order valence-corrected chi connectivity index (χ4v) is 3.57. The predicted molar refractivity (Wildman–Crippen MR) is 103 cm³/mol. The van der Waals surface area contributed by atoms with Crippen molar-refractivity contribution in [2.75, 3.05) is 13.1 Å². The van der Waals surface area contributed by atoms with Crippen LogP contribution in [0.1, 0.15) is 29.0 Å². The van der Waals surface area contributed by atoms with Crippen molar-refractivity contribution in [3.05, 3.63) is 65.7 Å². The van der Waals surface area contributed by atoms with Gasteiger partial charge in [0.05, 0.1) is 23.5 Å². The van der Waals surface area contributed by atoms with Gasteiger partial charge in [0, 0.05) is 18.7 Å². The van der Waals surface area contributed by atoms with E-state index in [1.807, 2.05) is 18.2 Å². The number of fused-ring (bicyclic) bond motifs is 1. The Labute approximate surface area is 161 Å². The SMILES string of the molecule is O=C(NCc1nc2ccc(F)cc2[nH]1)C1CCCN(C(=O)c2ccccc2)C1. The highest BCUT2D eigenvalue weighted by atomic mass is 19.1. The van der Waals surface area contributed by atoms with E-state index in [2.05, 4.69) is 15.3 Å². The third-order valence-corrected chi connectivity index (χ3v) is 5.02. The lowest BCUT2D eigenvalue weighted by molar-refractivity contribution is -0.126. The standard InChI is InChI=1S/C21H21FN4O2/c22-16-8-9-17-18(11-16)25-19(24-17)12-23-20(27)15-7-4-10-26(13-15)21(28)14-5-2-1-3-6-14/h1-3,5-6,8-9,11,15H,4,7,10,12-13H2,(H,23,27)(H,24,25). The molecule has 2 aromatic carbocycles. The van der Waals surface area contributed by atoms with E-state index >= 15 is 0 Å². The van der Waals surface area contributed by atoms with Crippen LogP contribution in [0.15, 0.2) is 48.5 Å². The molecule has 1 unspecified atom stereocenters. The average Bonchev–Trinajstić information content (AvgIpc) is 3.14. The van der Waals surface area contributed by atoms with Crippen molar-refractivity contribution in [2.45, 2.75) is 19.4 Å². The number of piperidine rings is 1. The van der Waals surface area contributed by atoms with Crippen LogP contribution >= 0.6 is 0 Å². The molecule has 7 heteroatoms. The molecule has 0 bridgehead atoms. The number of amides is 2. The summed E-state index contributed by atoms with van der Waals surface area (Å²) >= 11 is 0. The summed E-state index contributed by atoms with van der Waals surface area (Å²) in [5.41, 5.74) is 1.89. The van der Waals surface area contributed by atoms with E-state index in [1.54, 1.807) is 23.1 Å². The molecule has 0 spiro atoms. The number of H-pyrrole nitrogens is 1. The molecule has 0 aliphatic carbocycles. The second-order valence-electron chi connectivity index (χ2n) is 7.02. The number of carbonyl (C=O) groups excluding carboxylic acids is 2. The van der Waals surface area contributed by atoms with Gasteiger partial charge in [0.2, 0.25) is 5.91 Å². The first kappa shape index (κ1) is 18.2. The molecule has 1 aromatic heterocycles. The van der Waals surface area contributed by atoms with Crippen LogP contribution in [-0.4, -0.2) is 39.8 Å². The van der Waals surface area contributed by atoms with Crippen molar-refractivity contribution in [1.29, 1.82) is 0 Å². The molecule has 0 radical (unpaired) electrons. The first-order valence-corrected chi connectivity index (χ1v) is 9.36. The van der Waals surface area contributed by atoms with Crippen molar-refractivity contribution in [2.24, 2.45) is 5.92 Å². The van der Waals surface area contributed by atoms with Gasteiger partial charge in [-0.1, -0.05) is 18.2 Å². The Bertz CT molecular complexity index is 1000. The molecule has 1 saturated heterocycles. The molecular weight excluding hydrogens is 359 g/mol. The summed E-state index contributed by atoms with van der Waals surface area (Å²) in [6.07, 6.45) is 1.54. The molecule has 6 nitrogen and oxygen atoms in total. The number of benzene rings is 2. The minimum absolute atomic E-state index is 0.0441. The molecular formula is C21H21FN4O2. The lowest BCUT2D eigenvalue weighted by Crippen LogP contribution is -2.45. The largest absolute Gasteiger partial charge is 0.349 e. The Balaban J connectivity index is 1.36. The quantitative estimate of drug-likeness (QED) is 0.731. The molecule has 144 valence electrons. The van der Waals surface area contributed by atoms with Crippen LogP contribution in [-0.2, 0) is 11.3 Å². The minimum Gasteiger partial charge on any atom is -0.349 e. The third-order valence-electron chi connectivity index (χ3n) is 5.02. The van der Waals surface area contributed by atoms with Gasteiger partial charge in [-0.05, 0) is 43.2 Å². The van der Waals surface area contributed by atoms with Gasteiger partial charge in [0.1, 0.15) is 11.6 Å². The first-order valence-electron chi connectivity index (χ1n) is 9.36. The monoisotopic (exact) mass is 380 g/mol. The van der Waals surface area contributed by atoms with Crippen molar-refractivity contribution in [1.82, 2.24) is 20.2 Å². The zero-order chi connectivity index (χ0) is 19.5. The summed E-state index contributed by atoms with van der Waals surface area (Å²) in [4.78, 5) is 34.3. The minimum atomic E-state index is -0.336. The zero-order valence-electron chi connectivity index (χ0n) is 15.3. The summed E-state index contributed by atoms with van der Waals surface area (Å²) in [5, 5.41) is 2.88. The molecule has 28 heavy (non-hydrogen) atoms. The van der Waals surface area contributed by atoms with E-state index in [0.29, 0.717) is 35.5 Å². The lowest BCUT2D eigenvalue weighted by Gasteiger charge is -2.32. The van der Waals surface area contributed by atoms with Gasteiger partial charge in [0.15, 0.2) is 0 Å². The number of imidazole rings is 1. The molecule has 2 heterocycles. The summed E-state index contributed by atoms with van der Waals surface area (Å²) < 4.78 is 13.3. The Morgan fingerprint density at radius 1 is 1.21 bits per heavy atom. The Kier molecular flexibility index (Phi) is 5.06. The Hall–Kier alpha value is -3.22. The maximum atomic E-state index is 13.3. The van der Waals surface area contributed by atoms with Crippen molar-refractivity contribution < 1.29 is 14.0 Å². The molecule has 2 amide bonds. The van der Waals surface area contributed by atoms with E-state index in [0.717, 1.165) is 12.8 Å². The Morgan fingerprint density at radius 2 is 2.04 bits per heavy atom. The van der Waals surface area contributed by atoms with E-state index < -0.39 is 0 Å².